The molecule has 0 unspecified atom stereocenters. The van der Waals surface area contributed by atoms with Gasteiger partial charge in [-0.25, -0.2) is 0 Å². The highest BCUT2D eigenvalue weighted by atomic mass is 16.5. The summed E-state index contributed by atoms with van der Waals surface area (Å²) in [5, 5.41) is 4.06. The standard InChI is InChI=1S/C14H18N2O3/c1-8(2)12-13(16-19-14(12)15)10-7-9(17-3)5-6-11(10)18-4/h5-8H,15H2,1-4H3. The van der Waals surface area contributed by atoms with Gasteiger partial charge < -0.3 is 19.7 Å². The molecule has 0 bridgehead atoms. The predicted molar refractivity (Wildman–Crippen MR) is 73.5 cm³/mol. The van der Waals surface area contributed by atoms with Gasteiger partial charge in [0.1, 0.15) is 17.2 Å². The first-order valence-electron chi connectivity index (χ1n) is 6.06. The fourth-order valence-electron chi connectivity index (χ4n) is 2.06. The van der Waals surface area contributed by atoms with Gasteiger partial charge in [0.15, 0.2) is 0 Å². The molecule has 1 aromatic carbocycles. The Kier molecular flexibility index (Phi) is 3.64. The van der Waals surface area contributed by atoms with Crippen molar-refractivity contribution < 1.29 is 14.0 Å². The van der Waals surface area contributed by atoms with Crippen LogP contribution in [-0.4, -0.2) is 19.4 Å². The number of methoxy groups -OCH3 is 2. The van der Waals surface area contributed by atoms with Crippen molar-refractivity contribution in [2.24, 2.45) is 0 Å². The summed E-state index contributed by atoms with van der Waals surface area (Å²) >= 11 is 0. The average Bonchev–Trinajstić information content (AvgIpc) is 2.79. The van der Waals surface area contributed by atoms with E-state index < -0.39 is 0 Å². The van der Waals surface area contributed by atoms with Gasteiger partial charge in [-0.1, -0.05) is 19.0 Å². The Morgan fingerprint density at radius 1 is 1.21 bits per heavy atom. The van der Waals surface area contributed by atoms with Gasteiger partial charge in [-0.3, -0.25) is 0 Å². The first-order valence-corrected chi connectivity index (χ1v) is 6.06. The van der Waals surface area contributed by atoms with E-state index in [0.29, 0.717) is 17.3 Å². The van der Waals surface area contributed by atoms with Crippen LogP contribution in [0, 0.1) is 0 Å². The highest BCUT2D eigenvalue weighted by molar-refractivity contribution is 5.74. The lowest BCUT2D eigenvalue weighted by atomic mass is 9.98. The van der Waals surface area contributed by atoms with Gasteiger partial charge in [0.05, 0.1) is 14.2 Å². The maximum absolute atomic E-state index is 5.84. The zero-order valence-corrected chi connectivity index (χ0v) is 11.6. The summed E-state index contributed by atoms with van der Waals surface area (Å²) in [4.78, 5) is 0. The molecule has 0 saturated carbocycles. The van der Waals surface area contributed by atoms with E-state index in [-0.39, 0.29) is 5.92 Å². The monoisotopic (exact) mass is 262 g/mol. The van der Waals surface area contributed by atoms with Crippen LogP contribution in [-0.2, 0) is 0 Å². The molecule has 0 spiro atoms. The number of aromatic nitrogens is 1. The quantitative estimate of drug-likeness (QED) is 0.916. The van der Waals surface area contributed by atoms with E-state index in [1.165, 1.54) is 0 Å². The summed E-state index contributed by atoms with van der Waals surface area (Å²) in [5.74, 6) is 1.98. The van der Waals surface area contributed by atoms with Gasteiger partial charge >= 0.3 is 0 Å². The number of hydrogen-bond acceptors (Lipinski definition) is 5. The lowest BCUT2D eigenvalue weighted by Crippen LogP contribution is -1.96. The molecule has 1 heterocycles. The Morgan fingerprint density at radius 3 is 2.53 bits per heavy atom. The summed E-state index contributed by atoms with van der Waals surface area (Å²) < 4.78 is 15.7. The number of anilines is 1. The second-order valence-corrected chi connectivity index (χ2v) is 4.53. The second-order valence-electron chi connectivity index (χ2n) is 4.53. The molecular weight excluding hydrogens is 244 g/mol. The zero-order chi connectivity index (χ0) is 14.0. The van der Waals surface area contributed by atoms with E-state index in [9.17, 15) is 0 Å². The molecule has 5 nitrogen and oxygen atoms in total. The number of nitrogen functional groups attached to an aromatic ring is 1. The van der Waals surface area contributed by atoms with Gasteiger partial charge in [0.25, 0.3) is 0 Å². The molecule has 102 valence electrons. The van der Waals surface area contributed by atoms with E-state index in [2.05, 4.69) is 5.16 Å². The molecule has 0 aliphatic carbocycles. The van der Waals surface area contributed by atoms with Gasteiger partial charge in [0.2, 0.25) is 5.88 Å². The van der Waals surface area contributed by atoms with Crippen LogP contribution in [0.5, 0.6) is 11.5 Å². The summed E-state index contributed by atoms with van der Waals surface area (Å²) in [6, 6.07) is 5.53. The summed E-state index contributed by atoms with van der Waals surface area (Å²) in [5.41, 5.74) is 8.23. The molecule has 1 aromatic heterocycles. The maximum atomic E-state index is 5.84. The lowest BCUT2D eigenvalue weighted by Gasteiger charge is -2.11. The maximum Gasteiger partial charge on any atom is 0.226 e. The van der Waals surface area contributed by atoms with Crippen molar-refractivity contribution in [2.75, 3.05) is 20.0 Å². The Bertz CT molecular complexity index is 576. The summed E-state index contributed by atoms with van der Waals surface area (Å²) in [7, 11) is 3.23. The van der Waals surface area contributed by atoms with Gasteiger partial charge in [-0.05, 0) is 24.1 Å². The van der Waals surface area contributed by atoms with Gasteiger partial charge in [-0.15, -0.1) is 0 Å². The van der Waals surface area contributed by atoms with Crippen LogP contribution < -0.4 is 15.2 Å². The Morgan fingerprint density at radius 2 is 1.95 bits per heavy atom. The number of hydrogen-bond donors (Lipinski definition) is 1. The van der Waals surface area contributed by atoms with Crippen molar-refractivity contribution in [2.45, 2.75) is 19.8 Å². The van der Waals surface area contributed by atoms with E-state index in [1.54, 1.807) is 14.2 Å². The molecule has 5 heteroatoms. The Labute approximate surface area is 112 Å². The van der Waals surface area contributed by atoms with Crippen LogP contribution in [0.4, 0.5) is 5.88 Å². The van der Waals surface area contributed by atoms with Crippen LogP contribution in [0.15, 0.2) is 22.7 Å². The van der Waals surface area contributed by atoms with E-state index in [0.717, 1.165) is 16.9 Å². The molecular formula is C14H18N2O3. The number of nitrogens with two attached hydrogens (primary N) is 1. The molecule has 2 rings (SSSR count). The van der Waals surface area contributed by atoms with Crippen LogP contribution in [0.3, 0.4) is 0 Å². The summed E-state index contributed by atoms with van der Waals surface area (Å²) in [6.45, 7) is 4.08. The highest BCUT2D eigenvalue weighted by Gasteiger charge is 2.21. The molecule has 2 aromatic rings. The number of ether oxygens (including phenoxy) is 2. The van der Waals surface area contributed by atoms with E-state index in [4.69, 9.17) is 19.7 Å². The molecule has 0 radical (unpaired) electrons. The SMILES string of the molecule is COc1ccc(OC)c(-c2noc(N)c2C(C)C)c1. The van der Waals surface area contributed by atoms with E-state index >= 15 is 0 Å². The molecule has 0 fully saturated rings. The van der Waals surface area contributed by atoms with Crippen LogP contribution in [0.25, 0.3) is 11.3 Å². The first-order chi connectivity index (χ1) is 9.08. The molecule has 19 heavy (non-hydrogen) atoms. The Balaban J connectivity index is 2.63. The molecule has 0 aliphatic heterocycles. The minimum atomic E-state index is 0.206. The third-order valence-corrected chi connectivity index (χ3v) is 2.99. The van der Waals surface area contributed by atoms with Crippen molar-refractivity contribution in [3.63, 3.8) is 0 Å². The van der Waals surface area contributed by atoms with Crippen LogP contribution in [0.2, 0.25) is 0 Å². The van der Waals surface area contributed by atoms with Gasteiger partial charge in [-0.2, -0.15) is 0 Å². The van der Waals surface area contributed by atoms with Crippen LogP contribution >= 0.6 is 0 Å². The Hall–Kier alpha value is -2.17. The molecule has 0 amide bonds. The van der Waals surface area contributed by atoms with Gasteiger partial charge in [0, 0.05) is 11.1 Å². The highest BCUT2D eigenvalue weighted by Crippen LogP contribution is 2.39. The van der Waals surface area contributed by atoms with Crippen LogP contribution in [0.1, 0.15) is 25.3 Å². The summed E-state index contributed by atoms with van der Waals surface area (Å²) in [6.07, 6.45) is 0. The topological polar surface area (TPSA) is 70.5 Å². The molecule has 0 atom stereocenters. The van der Waals surface area contributed by atoms with Crippen molar-refractivity contribution in [3.05, 3.63) is 23.8 Å². The second kappa shape index (κ2) is 5.22. The largest absolute Gasteiger partial charge is 0.497 e. The van der Waals surface area contributed by atoms with Crippen molar-refractivity contribution in [3.8, 4) is 22.8 Å². The molecule has 0 aliphatic rings. The molecule has 0 saturated heterocycles. The van der Waals surface area contributed by atoms with Crippen molar-refractivity contribution in [1.82, 2.24) is 5.16 Å². The third-order valence-electron chi connectivity index (χ3n) is 2.99. The average molecular weight is 262 g/mol. The lowest BCUT2D eigenvalue weighted by molar-refractivity contribution is 0.403. The normalized spacial score (nSPS) is 10.8. The smallest absolute Gasteiger partial charge is 0.226 e. The zero-order valence-electron chi connectivity index (χ0n) is 11.6. The third kappa shape index (κ3) is 2.36. The minimum absolute atomic E-state index is 0.206. The van der Waals surface area contributed by atoms with E-state index in [1.807, 2.05) is 32.0 Å². The molecule has 2 N–H and O–H groups in total. The fraction of sp³-hybridized carbons (Fsp3) is 0.357. The van der Waals surface area contributed by atoms with Crippen molar-refractivity contribution >= 4 is 5.88 Å². The first kappa shape index (κ1) is 13.3. The number of nitrogens with zero attached hydrogens (tertiary/aromatic N) is 1. The van der Waals surface area contributed by atoms with Crippen molar-refractivity contribution in [1.29, 1.82) is 0 Å². The fourth-order valence-corrected chi connectivity index (χ4v) is 2.06. The number of rotatable bonds is 4. The minimum Gasteiger partial charge on any atom is -0.497 e. The predicted octanol–water partition coefficient (Wildman–Crippen LogP) is 3.06. The number of benzene rings is 1.